The van der Waals surface area contributed by atoms with Crippen LogP contribution in [-0.2, 0) is 16.5 Å². The number of hydrogen-bond acceptors (Lipinski definition) is 4. The molecule has 0 spiro atoms. The fourth-order valence-corrected chi connectivity index (χ4v) is 1.94. The van der Waals surface area contributed by atoms with E-state index >= 15 is 0 Å². The summed E-state index contributed by atoms with van der Waals surface area (Å²) >= 11 is 4.80. The molecule has 0 atom stereocenters. The predicted molar refractivity (Wildman–Crippen MR) is 55.4 cm³/mol. The maximum Gasteiger partial charge on any atom is 0.266 e. The van der Waals surface area contributed by atoms with Crippen LogP contribution < -0.4 is 0 Å². The first-order valence-corrected chi connectivity index (χ1v) is 5.66. The van der Waals surface area contributed by atoms with Crippen molar-refractivity contribution in [3.63, 3.8) is 0 Å². The van der Waals surface area contributed by atoms with Gasteiger partial charge in [0.25, 0.3) is 4.84 Å². The Morgan fingerprint density at radius 1 is 1.43 bits per heavy atom. The molecule has 6 heteroatoms. The van der Waals surface area contributed by atoms with E-state index in [4.69, 9.17) is 16.6 Å². The lowest BCUT2D eigenvalue weighted by atomic mass is 10.2. The normalized spacial score (nSPS) is 11.2. The first-order valence-electron chi connectivity index (χ1n) is 3.89. The topological polar surface area (TPSA) is 63.1 Å². The molecule has 2 aromatic rings. The van der Waals surface area contributed by atoms with Crippen molar-refractivity contribution in [3.05, 3.63) is 28.6 Å². The number of rotatable bonds is 2. The fraction of sp³-hybridized carbons (Fsp3) is 0.125. The number of nitrogens with one attached hydrogen (secondary N) is 1. The molecule has 0 bridgehead atoms. The number of aromatic amines is 1. The lowest BCUT2D eigenvalue weighted by molar-refractivity contribution is 0.583. The molecule has 2 rings (SSSR count). The molecule has 0 amide bonds. The minimum Gasteiger partial charge on any atom is -0.429 e. The average molecular weight is 229 g/mol. The smallest absolute Gasteiger partial charge is 0.266 e. The van der Waals surface area contributed by atoms with Gasteiger partial charge in [-0.25, -0.2) is 8.42 Å². The summed E-state index contributed by atoms with van der Waals surface area (Å²) in [5, 5.41) is 0. The van der Waals surface area contributed by atoms with E-state index in [9.17, 15) is 8.42 Å². The zero-order chi connectivity index (χ0) is 10.1. The second-order valence-corrected chi connectivity index (χ2v) is 4.19. The Labute approximate surface area is 86.5 Å². The van der Waals surface area contributed by atoms with Crippen molar-refractivity contribution < 1.29 is 12.8 Å². The van der Waals surface area contributed by atoms with Gasteiger partial charge in [0.15, 0.2) is 5.58 Å². The van der Waals surface area contributed by atoms with Gasteiger partial charge in [0.2, 0.25) is 0 Å². The van der Waals surface area contributed by atoms with Gasteiger partial charge in [0.1, 0.15) is 10.7 Å². The third-order valence-corrected chi connectivity index (χ3v) is 2.60. The molecule has 74 valence electrons. The molecule has 1 aromatic carbocycles. The third-order valence-electron chi connectivity index (χ3n) is 1.80. The molecule has 0 radical (unpaired) electrons. The maximum absolute atomic E-state index is 10.5. The lowest BCUT2D eigenvalue weighted by Gasteiger charge is -1.93. The van der Waals surface area contributed by atoms with Crippen LogP contribution in [0.4, 0.5) is 0 Å². The van der Waals surface area contributed by atoms with Crippen LogP contribution in [0, 0.1) is 4.84 Å². The highest BCUT2D eigenvalue weighted by Gasteiger charge is 2.00. The molecule has 0 saturated carbocycles. The molecule has 0 saturated heterocycles. The highest BCUT2D eigenvalue weighted by molar-refractivity contribution is 7.71. The van der Waals surface area contributed by atoms with E-state index in [2.05, 4.69) is 4.98 Å². The van der Waals surface area contributed by atoms with Gasteiger partial charge < -0.3 is 9.40 Å². The van der Waals surface area contributed by atoms with E-state index in [1.807, 2.05) is 0 Å². The first-order chi connectivity index (χ1) is 6.65. The summed E-state index contributed by atoms with van der Waals surface area (Å²) in [6.45, 7) is 0. The Balaban J connectivity index is 2.55. The van der Waals surface area contributed by atoms with E-state index in [-0.39, 0.29) is 5.75 Å². The Morgan fingerprint density at radius 2 is 2.21 bits per heavy atom. The molecule has 0 fully saturated rings. The quantitative estimate of drug-likeness (QED) is 0.606. The lowest BCUT2D eigenvalue weighted by Crippen LogP contribution is -1.85. The Bertz CT molecular complexity index is 586. The van der Waals surface area contributed by atoms with Crippen molar-refractivity contribution in [1.82, 2.24) is 4.98 Å². The molecule has 1 aromatic heterocycles. The molecule has 1 heterocycles. The van der Waals surface area contributed by atoms with E-state index in [1.54, 1.807) is 18.2 Å². The number of benzene rings is 1. The van der Waals surface area contributed by atoms with Crippen LogP contribution in [0.15, 0.2) is 22.6 Å². The molecule has 0 unspecified atom stereocenters. The number of H-pyrrole nitrogens is 1. The van der Waals surface area contributed by atoms with Gasteiger partial charge in [-0.2, -0.15) is 0 Å². The number of oxazole rings is 1. The van der Waals surface area contributed by atoms with Crippen molar-refractivity contribution in [1.29, 1.82) is 0 Å². The van der Waals surface area contributed by atoms with E-state index in [0.717, 1.165) is 11.1 Å². The summed E-state index contributed by atoms with van der Waals surface area (Å²) in [6.07, 6.45) is 0. The summed E-state index contributed by atoms with van der Waals surface area (Å²) in [4.78, 5) is 3.12. The predicted octanol–water partition coefficient (Wildman–Crippen LogP) is 1.60. The maximum atomic E-state index is 10.5. The molecule has 0 aliphatic heterocycles. The van der Waals surface area contributed by atoms with E-state index in [0.29, 0.717) is 10.4 Å². The van der Waals surface area contributed by atoms with Crippen molar-refractivity contribution in [3.8, 4) is 0 Å². The van der Waals surface area contributed by atoms with Crippen molar-refractivity contribution in [2.75, 3.05) is 0 Å². The van der Waals surface area contributed by atoms with Crippen molar-refractivity contribution >= 4 is 34.0 Å². The molecular weight excluding hydrogens is 222 g/mol. The summed E-state index contributed by atoms with van der Waals surface area (Å²) in [7, 11) is -2.40. The van der Waals surface area contributed by atoms with Gasteiger partial charge in [-0.3, -0.25) is 0 Å². The molecule has 4 nitrogen and oxygen atoms in total. The van der Waals surface area contributed by atoms with Crippen LogP contribution in [0.25, 0.3) is 11.1 Å². The van der Waals surface area contributed by atoms with Crippen LogP contribution >= 0.6 is 12.2 Å². The summed E-state index contributed by atoms with van der Waals surface area (Å²) in [6, 6.07) is 5.13. The third kappa shape index (κ3) is 1.85. The monoisotopic (exact) mass is 229 g/mol. The van der Waals surface area contributed by atoms with Crippen molar-refractivity contribution in [2.24, 2.45) is 0 Å². The van der Waals surface area contributed by atoms with Gasteiger partial charge in [0, 0.05) is 0 Å². The number of thiol groups is 1. The highest BCUT2D eigenvalue weighted by Crippen LogP contribution is 2.15. The second kappa shape index (κ2) is 3.55. The molecule has 0 aliphatic rings. The second-order valence-electron chi connectivity index (χ2n) is 2.84. The summed E-state index contributed by atoms with van der Waals surface area (Å²) in [5.74, 6) is 0.0387. The van der Waals surface area contributed by atoms with Gasteiger partial charge in [-0.15, -0.1) is 0 Å². The fourth-order valence-electron chi connectivity index (χ4n) is 1.25. The molecule has 1 N–H and O–H groups in total. The number of aromatic nitrogens is 1. The van der Waals surface area contributed by atoms with Crippen LogP contribution in [0.1, 0.15) is 5.56 Å². The Hall–Kier alpha value is -1.14. The Morgan fingerprint density at radius 3 is 2.93 bits per heavy atom. The average Bonchev–Trinajstić information content (AvgIpc) is 2.42. The zero-order valence-corrected chi connectivity index (χ0v) is 8.73. The number of hydrogen-bond donors (Lipinski definition) is 2. The van der Waals surface area contributed by atoms with Gasteiger partial charge in [0.05, 0.1) is 11.3 Å². The number of fused-ring (bicyclic) bond motifs is 1. The molecule has 0 aliphatic carbocycles. The minimum atomic E-state index is -2.40. The minimum absolute atomic E-state index is 0.0387. The van der Waals surface area contributed by atoms with Crippen LogP contribution in [0.2, 0.25) is 0 Å². The van der Waals surface area contributed by atoms with Gasteiger partial charge in [-0.1, -0.05) is 6.07 Å². The standard InChI is InChI=1S/C8H7NO3S2/c10-14(11)4-5-1-2-7-6(3-5)9-8(13)12-7/h1-3,14H,4H2,(H,9,13). The largest absolute Gasteiger partial charge is 0.429 e. The van der Waals surface area contributed by atoms with Gasteiger partial charge in [-0.05, 0) is 29.9 Å². The first kappa shape index (κ1) is 9.42. The van der Waals surface area contributed by atoms with Crippen LogP contribution in [-0.4, -0.2) is 13.4 Å². The summed E-state index contributed by atoms with van der Waals surface area (Å²) in [5.41, 5.74) is 2.09. The summed E-state index contributed by atoms with van der Waals surface area (Å²) < 4.78 is 26.1. The molecule has 14 heavy (non-hydrogen) atoms. The molecular formula is C8H7NO3S2. The SMILES string of the molecule is O=[SH](=O)Cc1ccc2oc(=S)[nH]c2c1. The van der Waals surface area contributed by atoms with Gasteiger partial charge >= 0.3 is 0 Å². The van der Waals surface area contributed by atoms with E-state index < -0.39 is 10.7 Å². The van der Waals surface area contributed by atoms with Crippen LogP contribution in [0.3, 0.4) is 0 Å². The Kier molecular flexibility index (Phi) is 2.39. The van der Waals surface area contributed by atoms with Crippen LogP contribution in [0.5, 0.6) is 0 Å². The zero-order valence-electron chi connectivity index (χ0n) is 7.02. The van der Waals surface area contributed by atoms with Crippen molar-refractivity contribution in [2.45, 2.75) is 5.75 Å². The highest BCUT2D eigenvalue weighted by atomic mass is 32.2. The van der Waals surface area contributed by atoms with E-state index in [1.165, 1.54) is 0 Å².